The Morgan fingerprint density at radius 3 is 2.53 bits per heavy atom. The zero-order valence-corrected chi connectivity index (χ0v) is 10.2. The van der Waals surface area contributed by atoms with Gasteiger partial charge in [-0.1, -0.05) is 30.3 Å². The Bertz CT molecular complexity index is 387. The van der Waals surface area contributed by atoms with Crippen LogP contribution in [0.1, 0.15) is 5.56 Å². The SMILES string of the molecule is COC(=O)C1(N(C)Cc2ccccc2)COC1. The number of likely N-dealkylation sites (N-methyl/N-ethyl adjacent to an activating group) is 1. The van der Waals surface area contributed by atoms with Crippen LogP contribution in [0.5, 0.6) is 0 Å². The van der Waals surface area contributed by atoms with Crippen molar-refractivity contribution >= 4 is 5.97 Å². The highest BCUT2D eigenvalue weighted by Gasteiger charge is 2.50. The van der Waals surface area contributed by atoms with Gasteiger partial charge in [-0.3, -0.25) is 4.90 Å². The first-order valence-corrected chi connectivity index (χ1v) is 5.60. The summed E-state index contributed by atoms with van der Waals surface area (Å²) in [6, 6.07) is 10.0. The summed E-state index contributed by atoms with van der Waals surface area (Å²) >= 11 is 0. The molecule has 0 atom stereocenters. The fourth-order valence-electron chi connectivity index (χ4n) is 1.99. The van der Waals surface area contributed by atoms with Gasteiger partial charge < -0.3 is 9.47 Å². The third-order valence-electron chi connectivity index (χ3n) is 3.24. The van der Waals surface area contributed by atoms with E-state index in [0.29, 0.717) is 19.8 Å². The van der Waals surface area contributed by atoms with Crippen molar-refractivity contribution in [3.63, 3.8) is 0 Å². The van der Waals surface area contributed by atoms with Gasteiger partial charge in [-0.15, -0.1) is 0 Å². The third-order valence-corrected chi connectivity index (χ3v) is 3.24. The summed E-state index contributed by atoms with van der Waals surface area (Å²) in [6.45, 7) is 1.52. The molecular weight excluding hydrogens is 218 g/mol. The fourth-order valence-corrected chi connectivity index (χ4v) is 1.99. The Labute approximate surface area is 101 Å². The summed E-state index contributed by atoms with van der Waals surface area (Å²) in [6.07, 6.45) is 0. The lowest BCUT2D eigenvalue weighted by Crippen LogP contribution is -2.66. The molecule has 0 unspecified atom stereocenters. The minimum absolute atomic E-state index is 0.220. The molecule has 0 aromatic heterocycles. The second-order valence-electron chi connectivity index (χ2n) is 4.36. The molecule has 92 valence electrons. The van der Waals surface area contributed by atoms with E-state index in [0.717, 1.165) is 0 Å². The van der Waals surface area contributed by atoms with Crippen LogP contribution in [0.25, 0.3) is 0 Å². The molecule has 4 nitrogen and oxygen atoms in total. The first kappa shape index (κ1) is 12.1. The molecule has 1 aliphatic rings. The van der Waals surface area contributed by atoms with E-state index in [9.17, 15) is 4.79 Å². The summed E-state index contributed by atoms with van der Waals surface area (Å²) < 4.78 is 10.0. The largest absolute Gasteiger partial charge is 0.467 e. The van der Waals surface area contributed by atoms with Crippen LogP contribution in [-0.2, 0) is 20.8 Å². The lowest BCUT2D eigenvalue weighted by Gasteiger charge is -2.45. The quantitative estimate of drug-likeness (QED) is 0.731. The molecule has 17 heavy (non-hydrogen) atoms. The molecular formula is C13H17NO3. The van der Waals surface area contributed by atoms with Gasteiger partial charge in [-0.25, -0.2) is 4.79 Å². The molecule has 1 fully saturated rings. The maximum atomic E-state index is 11.8. The lowest BCUT2D eigenvalue weighted by molar-refractivity contribution is -0.188. The van der Waals surface area contributed by atoms with Crippen LogP contribution in [0.4, 0.5) is 0 Å². The monoisotopic (exact) mass is 235 g/mol. The van der Waals surface area contributed by atoms with Crippen LogP contribution >= 0.6 is 0 Å². The van der Waals surface area contributed by atoms with Gasteiger partial charge >= 0.3 is 5.97 Å². The number of carbonyl (C=O) groups is 1. The molecule has 0 spiro atoms. The number of esters is 1. The maximum Gasteiger partial charge on any atom is 0.331 e. The Kier molecular flexibility index (Phi) is 3.45. The van der Waals surface area contributed by atoms with Gasteiger partial charge in [0, 0.05) is 6.54 Å². The van der Waals surface area contributed by atoms with E-state index in [1.165, 1.54) is 12.7 Å². The molecule has 4 heteroatoms. The summed E-state index contributed by atoms with van der Waals surface area (Å²) in [4.78, 5) is 13.8. The first-order valence-electron chi connectivity index (χ1n) is 5.60. The van der Waals surface area contributed by atoms with Gasteiger partial charge in [0.1, 0.15) is 0 Å². The molecule has 1 aromatic carbocycles. The number of benzene rings is 1. The molecule has 1 saturated heterocycles. The number of hydrogen-bond acceptors (Lipinski definition) is 4. The van der Waals surface area contributed by atoms with Crippen LogP contribution in [-0.4, -0.2) is 43.8 Å². The Morgan fingerprint density at radius 2 is 2.06 bits per heavy atom. The van der Waals surface area contributed by atoms with Crippen molar-refractivity contribution in [1.29, 1.82) is 0 Å². The second-order valence-corrected chi connectivity index (χ2v) is 4.36. The molecule has 0 bridgehead atoms. The highest BCUT2D eigenvalue weighted by atomic mass is 16.5. The predicted molar refractivity (Wildman–Crippen MR) is 63.5 cm³/mol. The highest BCUT2D eigenvalue weighted by molar-refractivity contribution is 5.82. The zero-order valence-electron chi connectivity index (χ0n) is 10.2. The minimum atomic E-state index is -0.607. The van der Waals surface area contributed by atoms with Crippen LogP contribution in [0.2, 0.25) is 0 Å². The fraction of sp³-hybridized carbons (Fsp3) is 0.462. The number of methoxy groups -OCH3 is 1. The summed E-state index contributed by atoms with van der Waals surface area (Å²) in [5, 5.41) is 0. The average molecular weight is 235 g/mol. The van der Waals surface area contributed by atoms with Crippen molar-refractivity contribution in [3.8, 4) is 0 Å². The van der Waals surface area contributed by atoms with Crippen molar-refractivity contribution in [3.05, 3.63) is 35.9 Å². The number of rotatable bonds is 4. The smallest absolute Gasteiger partial charge is 0.331 e. The van der Waals surface area contributed by atoms with Crippen molar-refractivity contribution in [1.82, 2.24) is 4.90 Å². The number of nitrogens with zero attached hydrogens (tertiary/aromatic N) is 1. The molecule has 0 aliphatic carbocycles. The lowest BCUT2D eigenvalue weighted by atomic mass is 9.95. The van der Waals surface area contributed by atoms with E-state index in [-0.39, 0.29) is 5.97 Å². The van der Waals surface area contributed by atoms with E-state index in [4.69, 9.17) is 9.47 Å². The minimum Gasteiger partial charge on any atom is -0.467 e. The number of ether oxygens (including phenoxy) is 2. The van der Waals surface area contributed by atoms with E-state index in [2.05, 4.69) is 0 Å². The maximum absolute atomic E-state index is 11.8. The Hall–Kier alpha value is -1.39. The molecule has 0 amide bonds. The topological polar surface area (TPSA) is 38.8 Å². The van der Waals surface area contributed by atoms with Crippen LogP contribution in [0, 0.1) is 0 Å². The molecule has 2 rings (SSSR count). The summed E-state index contributed by atoms with van der Waals surface area (Å²) in [7, 11) is 3.34. The van der Waals surface area contributed by atoms with Gasteiger partial charge in [0.15, 0.2) is 5.54 Å². The molecule has 0 saturated carbocycles. The van der Waals surface area contributed by atoms with E-state index >= 15 is 0 Å². The Morgan fingerprint density at radius 1 is 1.41 bits per heavy atom. The number of hydrogen-bond donors (Lipinski definition) is 0. The summed E-state index contributed by atoms with van der Waals surface area (Å²) in [5.74, 6) is -0.220. The molecule has 1 aromatic rings. The van der Waals surface area contributed by atoms with Gasteiger partial charge in [0.2, 0.25) is 0 Å². The predicted octanol–water partition coefficient (Wildman–Crippen LogP) is 1.06. The normalized spacial score (nSPS) is 17.6. The van der Waals surface area contributed by atoms with Crippen molar-refractivity contribution in [2.45, 2.75) is 12.1 Å². The standard InChI is InChI=1S/C13H17NO3/c1-14(8-11-6-4-3-5-7-11)13(9-17-10-13)12(15)16-2/h3-7H,8-10H2,1-2H3. The van der Waals surface area contributed by atoms with Crippen molar-refractivity contribution in [2.75, 3.05) is 27.4 Å². The number of carbonyl (C=O) groups excluding carboxylic acids is 1. The second kappa shape index (κ2) is 4.85. The molecule has 1 aliphatic heterocycles. The molecule has 0 radical (unpaired) electrons. The van der Waals surface area contributed by atoms with Gasteiger partial charge in [0.05, 0.1) is 20.3 Å². The van der Waals surface area contributed by atoms with Crippen molar-refractivity contribution in [2.24, 2.45) is 0 Å². The van der Waals surface area contributed by atoms with E-state index in [1.54, 1.807) is 0 Å². The summed E-state index contributed by atoms with van der Waals surface area (Å²) in [5.41, 5.74) is 0.565. The van der Waals surface area contributed by atoms with Gasteiger partial charge in [0.25, 0.3) is 0 Å². The third kappa shape index (κ3) is 2.18. The van der Waals surface area contributed by atoms with Gasteiger partial charge in [-0.2, -0.15) is 0 Å². The van der Waals surface area contributed by atoms with Crippen LogP contribution in [0.3, 0.4) is 0 Å². The zero-order chi connectivity index (χ0) is 12.3. The van der Waals surface area contributed by atoms with Crippen LogP contribution < -0.4 is 0 Å². The van der Waals surface area contributed by atoms with Crippen molar-refractivity contribution < 1.29 is 14.3 Å². The van der Waals surface area contributed by atoms with Crippen LogP contribution in [0.15, 0.2) is 30.3 Å². The first-order chi connectivity index (χ1) is 8.19. The molecule has 0 N–H and O–H groups in total. The van der Waals surface area contributed by atoms with E-state index in [1.807, 2.05) is 42.3 Å². The Balaban J connectivity index is 2.08. The van der Waals surface area contributed by atoms with Gasteiger partial charge in [-0.05, 0) is 12.6 Å². The van der Waals surface area contributed by atoms with E-state index < -0.39 is 5.54 Å². The highest BCUT2D eigenvalue weighted by Crippen LogP contribution is 2.26. The molecule has 1 heterocycles. The average Bonchev–Trinajstić information content (AvgIpc) is 2.28.